The summed E-state index contributed by atoms with van der Waals surface area (Å²) in [5.74, 6) is 3.24. The van der Waals surface area contributed by atoms with Crippen LogP contribution in [0.4, 0.5) is 0 Å². The fourth-order valence-electron chi connectivity index (χ4n) is 2.72. The second-order valence-corrected chi connectivity index (χ2v) is 6.20. The first-order valence-electron chi connectivity index (χ1n) is 6.70. The lowest BCUT2D eigenvalue weighted by atomic mass is 9.91. The molecule has 18 heavy (non-hydrogen) atoms. The minimum Gasteiger partial charge on any atom is -0.487 e. The first kappa shape index (κ1) is 12.4. The van der Waals surface area contributed by atoms with Gasteiger partial charge in [-0.25, -0.2) is 0 Å². The van der Waals surface area contributed by atoms with Gasteiger partial charge in [0.25, 0.3) is 0 Å². The van der Waals surface area contributed by atoms with Crippen LogP contribution in [-0.2, 0) is 11.3 Å². The van der Waals surface area contributed by atoms with Gasteiger partial charge in [0.05, 0.1) is 24.6 Å². The zero-order valence-corrected chi connectivity index (χ0v) is 11.6. The molecule has 1 aromatic heterocycles. The molecule has 2 atom stereocenters. The molecule has 2 aliphatic heterocycles. The lowest BCUT2D eigenvalue weighted by Gasteiger charge is -2.37. The fraction of sp³-hybridized carbons (Fsp3) is 0.769. The number of hydrogen-bond acceptors (Lipinski definition) is 4. The maximum absolute atomic E-state index is 6.05. The summed E-state index contributed by atoms with van der Waals surface area (Å²) in [7, 11) is 0. The highest BCUT2D eigenvalue weighted by Gasteiger charge is 2.41. The highest BCUT2D eigenvalue weighted by molar-refractivity contribution is 7.99. The van der Waals surface area contributed by atoms with E-state index in [9.17, 15) is 0 Å². The van der Waals surface area contributed by atoms with Crippen molar-refractivity contribution >= 4 is 11.8 Å². The van der Waals surface area contributed by atoms with Crippen LogP contribution in [0.5, 0.6) is 5.75 Å². The van der Waals surface area contributed by atoms with Gasteiger partial charge in [0.2, 0.25) is 0 Å². The molecule has 3 heterocycles. The maximum Gasteiger partial charge on any atom is 0.157 e. The summed E-state index contributed by atoms with van der Waals surface area (Å²) in [6, 6.07) is 0. The highest BCUT2D eigenvalue weighted by atomic mass is 32.2. The van der Waals surface area contributed by atoms with Crippen molar-refractivity contribution in [3.8, 4) is 5.75 Å². The van der Waals surface area contributed by atoms with E-state index >= 15 is 0 Å². The molecule has 2 fully saturated rings. The molecule has 4 nitrogen and oxygen atoms in total. The van der Waals surface area contributed by atoms with Gasteiger partial charge in [0.1, 0.15) is 6.10 Å². The molecule has 1 aromatic rings. The van der Waals surface area contributed by atoms with Crippen molar-refractivity contribution in [2.24, 2.45) is 0 Å². The molecule has 2 aliphatic rings. The van der Waals surface area contributed by atoms with Gasteiger partial charge in [-0.3, -0.25) is 4.68 Å². The van der Waals surface area contributed by atoms with Crippen molar-refractivity contribution in [3.05, 3.63) is 12.4 Å². The van der Waals surface area contributed by atoms with Crippen LogP contribution in [0.3, 0.4) is 0 Å². The topological polar surface area (TPSA) is 36.3 Å². The molecular formula is C13H20N2O2S. The molecule has 0 aliphatic carbocycles. The van der Waals surface area contributed by atoms with Crippen LogP contribution in [0.25, 0.3) is 0 Å². The van der Waals surface area contributed by atoms with Gasteiger partial charge in [-0.2, -0.15) is 16.9 Å². The Bertz CT molecular complexity index is 401. The molecule has 0 bridgehead atoms. The van der Waals surface area contributed by atoms with Crippen molar-refractivity contribution in [1.82, 2.24) is 9.78 Å². The molecule has 0 radical (unpaired) electrons. The van der Waals surface area contributed by atoms with E-state index in [1.807, 2.05) is 28.8 Å². The molecule has 1 spiro atoms. The third kappa shape index (κ3) is 2.52. The van der Waals surface area contributed by atoms with Crippen LogP contribution >= 0.6 is 11.8 Å². The lowest BCUT2D eigenvalue weighted by Crippen LogP contribution is -2.43. The van der Waals surface area contributed by atoms with Crippen LogP contribution in [0.2, 0.25) is 0 Å². The summed E-state index contributed by atoms with van der Waals surface area (Å²) in [5.41, 5.74) is 0.0916. The van der Waals surface area contributed by atoms with E-state index in [0.717, 1.165) is 37.5 Å². The van der Waals surface area contributed by atoms with Gasteiger partial charge >= 0.3 is 0 Å². The van der Waals surface area contributed by atoms with Crippen LogP contribution in [-0.4, -0.2) is 39.6 Å². The number of hydrogen-bond donors (Lipinski definition) is 0. The smallest absolute Gasteiger partial charge is 0.157 e. The van der Waals surface area contributed by atoms with Gasteiger partial charge in [-0.1, -0.05) is 0 Å². The first-order chi connectivity index (χ1) is 8.80. The molecule has 5 heteroatoms. The average molecular weight is 268 g/mol. The van der Waals surface area contributed by atoms with E-state index in [1.54, 1.807) is 0 Å². The Labute approximate surface area is 112 Å². The second-order valence-electron chi connectivity index (χ2n) is 5.10. The minimum absolute atomic E-state index is 0.0916. The number of thioether (sulfide) groups is 1. The second kappa shape index (κ2) is 5.13. The normalized spacial score (nSPS) is 31.9. The van der Waals surface area contributed by atoms with Crippen molar-refractivity contribution < 1.29 is 9.47 Å². The Balaban J connectivity index is 1.62. The Morgan fingerprint density at radius 2 is 2.61 bits per heavy atom. The SMILES string of the molecule is CCn1cc(OC2CCOC3(CCSC3)C2)cn1. The average Bonchev–Trinajstić information content (AvgIpc) is 2.99. The predicted molar refractivity (Wildman–Crippen MR) is 72.2 cm³/mol. The molecule has 0 saturated carbocycles. The Morgan fingerprint density at radius 1 is 1.67 bits per heavy atom. The van der Waals surface area contributed by atoms with Crippen molar-refractivity contribution in [1.29, 1.82) is 0 Å². The summed E-state index contributed by atoms with van der Waals surface area (Å²) in [6.45, 7) is 3.79. The molecule has 100 valence electrons. The lowest BCUT2D eigenvalue weighted by molar-refractivity contribution is -0.0959. The molecule has 0 aromatic carbocycles. The summed E-state index contributed by atoms with van der Waals surface area (Å²) in [5, 5.41) is 4.25. The molecule has 2 unspecified atom stereocenters. The largest absolute Gasteiger partial charge is 0.487 e. The van der Waals surface area contributed by atoms with Crippen molar-refractivity contribution in [2.45, 2.75) is 44.4 Å². The minimum atomic E-state index is 0.0916. The summed E-state index contributed by atoms with van der Waals surface area (Å²) < 4.78 is 13.9. The number of aryl methyl sites for hydroxylation is 1. The summed E-state index contributed by atoms with van der Waals surface area (Å²) in [4.78, 5) is 0. The van der Waals surface area contributed by atoms with Gasteiger partial charge in [0, 0.05) is 25.1 Å². The molecule has 3 rings (SSSR count). The zero-order chi connectivity index (χ0) is 12.4. The van der Waals surface area contributed by atoms with Gasteiger partial charge in [0.15, 0.2) is 5.75 Å². The number of rotatable bonds is 3. The summed E-state index contributed by atoms with van der Waals surface area (Å²) in [6.07, 6.45) is 7.26. The number of ether oxygens (including phenoxy) is 2. The Kier molecular flexibility index (Phi) is 3.52. The molecule has 0 N–H and O–H groups in total. The summed E-state index contributed by atoms with van der Waals surface area (Å²) >= 11 is 2.00. The van der Waals surface area contributed by atoms with Crippen LogP contribution < -0.4 is 4.74 Å². The quantitative estimate of drug-likeness (QED) is 0.843. The Morgan fingerprint density at radius 3 is 3.33 bits per heavy atom. The van der Waals surface area contributed by atoms with Crippen molar-refractivity contribution in [2.75, 3.05) is 18.1 Å². The van der Waals surface area contributed by atoms with E-state index < -0.39 is 0 Å². The third-order valence-electron chi connectivity index (χ3n) is 3.75. The maximum atomic E-state index is 6.05. The van der Waals surface area contributed by atoms with E-state index in [-0.39, 0.29) is 11.7 Å². The molecule has 0 amide bonds. The van der Waals surface area contributed by atoms with Gasteiger partial charge in [-0.05, 0) is 19.1 Å². The number of nitrogens with zero attached hydrogens (tertiary/aromatic N) is 2. The van der Waals surface area contributed by atoms with Crippen LogP contribution in [0.1, 0.15) is 26.2 Å². The zero-order valence-electron chi connectivity index (χ0n) is 10.8. The standard InChI is InChI=1S/C13H20N2O2S/c1-2-15-9-12(8-14-15)17-11-3-5-16-13(7-11)4-6-18-10-13/h8-9,11H,2-7,10H2,1H3. The Hall–Kier alpha value is -0.680. The van der Waals surface area contributed by atoms with Crippen molar-refractivity contribution in [3.63, 3.8) is 0 Å². The highest BCUT2D eigenvalue weighted by Crippen LogP contribution is 2.39. The van der Waals surface area contributed by atoms with Crippen LogP contribution in [0.15, 0.2) is 12.4 Å². The first-order valence-corrected chi connectivity index (χ1v) is 7.86. The van der Waals surface area contributed by atoms with E-state index in [2.05, 4.69) is 12.0 Å². The van der Waals surface area contributed by atoms with Gasteiger partial charge < -0.3 is 9.47 Å². The third-order valence-corrected chi connectivity index (χ3v) is 4.97. The monoisotopic (exact) mass is 268 g/mol. The number of aromatic nitrogens is 2. The van der Waals surface area contributed by atoms with E-state index in [0.29, 0.717) is 0 Å². The van der Waals surface area contributed by atoms with E-state index in [4.69, 9.17) is 9.47 Å². The van der Waals surface area contributed by atoms with Gasteiger partial charge in [-0.15, -0.1) is 0 Å². The van der Waals surface area contributed by atoms with E-state index in [1.165, 1.54) is 12.2 Å². The fourth-order valence-corrected chi connectivity index (χ4v) is 4.10. The predicted octanol–water partition coefficient (Wildman–Crippen LogP) is 2.34. The molecule has 2 saturated heterocycles. The molecular weight excluding hydrogens is 248 g/mol. The van der Waals surface area contributed by atoms with Crippen LogP contribution in [0, 0.1) is 0 Å².